The van der Waals surface area contributed by atoms with Crippen molar-refractivity contribution in [1.82, 2.24) is 0 Å². The number of benzene rings is 2. The Kier molecular flexibility index (Phi) is 6.18. The van der Waals surface area contributed by atoms with Crippen LogP contribution in [0, 0.1) is 5.41 Å². The van der Waals surface area contributed by atoms with Crippen molar-refractivity contribution in [3.05, 3.63) is 58.1 Å². The molecule has 0 aliphatic carbocycles. The van der Waals surface area contributed by atoms with Crippen molar-refractivity contribution >= 4 is 40.4 Å². The summed E-state index contributed by atoms with van der Waals surface area (Å²) in [5.41, 5.74) is 2.34. The Balaban J connectivity index is 2.56. The largest absolute Gasteiger partial charge is 0.336 e. The maximum atomic E-state index is 12.6. The molecule has 2 rings (SSSR count). The van der Waals surface area contributed by atoms with Crippen LogP contribution in [0.15, 0.2) is 42.5 Å². The van der Waals surface area contributed by atoms with Gasteiger partial charge in [0.1, 0.15) is 5.78 Å². The molecule has 0 heterocycles. The molecule has 0 unspecified atom stereocenters. The number of hydrogen-bond donors (Lipinski definition) is 0. The molecule has 0 saturated heterocycles. The lowest BCUT2D eigenvalue weighted by atomic mass is 9.86. The Morgan fingerprint density at radius 1 is 1.00 bits per heavy atom. The molecule has 0 N–H and O–H groups in total. The van der Waals surface area contributed by atoms with Crippen LogP contribution in [0.4, 0.5) is 11.4 Å². The molecule has 0 spiro atoms. The summed E-state index contributed by atoms with van der Waals surface area (Å²) in [5, 5.41) is 1.19. The minimum atomic E-state index is -0.377. The van der Waals surface area contributed by atoms with Crippen LogP contribution in [0.2, 0.25) is 10.0 Å². The van der Waals surface area contributed by atoms with Crippen LogP contribution in [0.3, 0.4) is 0 Å². The first-order chi connectivity index (χ1) is 11.6. The fourth-order valence-corrected chi connectivity index (χ4v) is 3.29. The average Bonchev–Trinajstić information content (AvgIpc) is 2.50. The number of halogens is 2. The van der Waals surface area contributed by atoms with Crippen molar-refractivity contribution in [2.45, 2.75) is 47.1 Å². The van der Waals surface area contributed by atoms with Crippen molar-refractivity contribution < 1.29 is 4.79 Å². The maximum Gasteiger partial charge on any atom is 0.142 e. The van der Waals surface area contributed by atoms with Gasteiger partial charge in [-0.3, -0.25) is 4.79 Å². The van der Waals surface area contributed by atoms with E-state index in [4.69, 9.17) is 23.2 Å². The number of nitrogens with zero attached hydrogens (tertiary/aromatic N) is 1. The second-order valence-electron chi connectivity index (χ2n) is 7.51. The lowest BCUT2D eigenvalue weighted by Crippen LogP contribution is -2.28. The Hall–Kier alpha value is -1.51. The highest BCUT2D eigenvalue weighted by atomic mass is 35.5. The molecule has 25 heavy (non-hydrogen) atoms. The molecule has 0 atom stereocenters. The summed E-state index contributed by atoms with van der Waals surface area (Å²) in [6, 6.07) is 13.6. The summed E-state index contributed by atoms with van der Waals surface area (Å²) in [7, 11) is 0. The van der Waals surface area contributed by atoms with E-state index in [1.807, 2.05) is 63.2 Å². The molecule has 0 bridgehead atoms. The number of para-hydroxylation sites is 2. The van der Waals surface area contributed by atoms with E-state index in [9.17, 15) is 4.79 Å². The number of Topliss-reactive ketones (excluding diaryl/α,β-unsaturated/α-hetero) is 1. The Bertz CT molecular complexity index is 742. The predicted molar refractivity (Wildman–Crippen MR) is 108 cm³/mol. The number of anilines is 2. The maximum absolute atomic E-state index is 12.6. The summed E-state index contributed by atoms with van der Waals surface area (Å²) in [6.45, 7) is 10.0. The van der Waals surface area contributed by atoms with E-state index in [2.05, 4.69) is 18.7 Å². The molecule has 2 nitrogen and oxygen atoms in total. The van der Waals surface area contributed by atoms with Gasteiger partial charge in [0.25, 0.3) is 0 Å². The molecule has 0 fully saturated rings. The predicted octanol–water partition coefficient (Wildman–Crippen LogP) is 6.70. The van der Waals surface area contributed by atoms with Crippen molar-refractivity contribution in [2.24, 2.45) is 5.41 Å². The lowest BCUT2D eigenvalue weighted by molar-refractivity contribution is -0.125. The topological polar surface area (TPSA) is 20.3 Å². The molecule has 0 aliphatic heterocycles. The number of carbonyl (C=O) groups excluding carboxylic acids is 1. The van der Waals surface area contributed by atoms with Crippen molar-refractivity contribution in [1.29, 1.82) is 0 Å². The molecule has 134 valence electrons. The highest BCUT2D eigenvalue weighted by Gasteiger charge is 2.25. The van der Waals surface area contributed by atoms with Gasteiger partial charge in [-0.15, -0.1) is 0 Å². The molecule has 0 aliphatic rings. The lowest BCUT2D eigenvalue weighted by Gasteiger charge is -2.33. The molecule has 0 amide bonds. The summed E-state index contributed by atoms with van der Waals surface area (Å²) in [4.78, 5) is 14.7. The van der Waals surface area contributed by atoms with Crippen LogP contribution in [0.1, 0.15) is 40.2 Å². The SMILES string of the molecule is CC(C)N(c1ccccc1CC(=O)C(C)(C)C)c1c(Cl)cccc1Cl. The second kappa shape index (κ2) is 7.80. The summed E-state index contributed by atoms with van der Waals surface area (Å²) >= 11 is 12.9. The zero-order chi connectivity index (χ0) is 18.8. The molecule has 4 heteroatoms. The van der Waals surface area contributed by atoms with Gasteiger partial charge in [-0.05, 0) is 37.6 Å². The van der Waals surface area contributed by atoms with E-state index in [0.29, 0.717) is 16.5 Å². The van der Waals surface area contributed by atoms with Gasteiger partial charge in [0, 0.05) is 23.6 Å². The molecule has 2 aromatic rings. The first-order valence-corrected chi connectivity index (χ1v) is 9.23. The van der Waals surface area contributed by atoms with Crippen LogP contribution in [0.5, 0.6) is 0 Å². The Morgan fingerprint density at radius 3 is 2.08 bits per heavy atom. The second-order valence-corrected chi connectivity index (χ2v) is 8.33. The van der Waals surface area contributed by atoms with Crippen molar-refractivity contribution in [3.63, 3.8) is 0 Å². The quantitative estimate of drug-likeness (QED) is 0.577. The third-order valence-electron chi connectivity index (χ3n) is 4.13. The number of hydrogen-bond acceptors (Lipinski definition) is 2. The first-order valence-electron chi connectivity index (χ1n) is 8.47. The van der Waals surface area contributed by atoms with Gasteiger partial charge in [-0.1, -0.05) is 68.2 Å². The van der Waals surface area contributed by atoms with Crippen LogP contribution < -0.4 is 4.90 Å². The summed E-state index contributed by atoms with van der Waals surface area (Å²) < 4.78 is 0. The van der Waals surface area contributed by atoms with Crippen molar-refractivity contribution in [2.75, 3.05) is 4.90 Å². The molecule has 0 radical (unpaired) electrons. The highest BCUT2D eigenvalue weighted by Crippen LogP contribution is 2.40. The fraction of sp³-hybridized carbons (Fsp3) is 0.381. The van der Waals surface area contributed by atoms with Crippen molar-refractivity contribution in [3.8, 4) is 0 Å². The zero-order valence-electron chi connectivity index (χ0n) is 15.4. The smallest absolute Gasteiger partial charge is 0.142 e. The Morgan fingerprint density at radius 2 is 1.56 bits per heavy atom. The normalized spacial score (nSPS) is 11.7. The molecular formula is C21H25Cl2NO. The van der Waals surface area contributed by atoms with Crippen LogP contribution in [-0.4, -0.2) is 11.8 Å². The average molecular weight is 378 g/mol. The van der Waals surface area contributed by atoms with E-state index in [0.717, 1.165) is 16.9 Å². The molecule has 0 aromatic heterocycles. The highest BCUT2D eigenvalue weighted by molar-refractivity contribution is 6.39. The van der Waals surface area contributed by atoms with Gasteiger partial charge in [0.2, 0.25) is 0 Å². The standard InChI is InChI=1S/C21H25Cl2NO/c1-14(2)24(20-16(22)10-8-11-17(20)23)18-12-7-6-9-15(18)13-19(25)21(3,4)5/h6-12,14H,13H2,1-5H3. The van der Waals surface area contributed by atoms with Crippen LogP contribution in [0.25, 0.3) is 0 Å². The number of ketones is 1. The number of carbonyl (C=O) groups is 1. The third kappa shape index (κ3) is 4.56. The Labute approximate surface area is 160 Å². The first kappa shape index (κ1) is 19.8. The van der Waals surface area contributed by atoms with Gasteiger partial charge in [-0.2, -0.15) is 0 Å². The third-order valence-corrected chi connectivity index (χ3v) is 4.74. The molecule has 0 saturated carbocycles. The van der Waals surface area contributed by atoms with Gasteiger partial charge in [0.15, 0.2) is 0 Å². The summed E-state index contributed by atoms with van der Waals surface area (Å²) in [6.07, 6.45) is 0.380. The zero-order valence-corrected chi connectivity index (χ0v) is 16.9. The minimum absolute atomic E-state index is 0.128. The summed E-state index contributed by atoms with van der Waals surface area (Å²) in [5.74, 6) is 0.203. The molecule has 2 aromatic carbocycles. The van der Waals surface area contributed by atoms with Gasteiger partial charge in [-0.25, -0.2) is 0 Å². The van der Waals surface area contributed by atoms with E-state index >= 15 is 0 Å². The number of rotatable bonds is 5. The van der Waals surface area contributed by atoms with E-state index in [1.54, 1.807) is 0 Å². The molecular weight excluding hydrogens is 353 g/mol. The van der Waals surface area contributed by atoms with Crippen LogP contribution >= 0.6 is 23.2 Å². The monoisotopic (exact) mass is 377 g/mol. The van der Waals surface area contributed by atoms with Crippen LogP contribution in [-0.2, 0) is 11.2 Å². The van der Waals surface area contributed by atoms with E-state index < -0.39 is 0 Å². The van der Waals surface area contributed by atoms with E-state index in [-0.39, 0.29) is 17.2 Å². The fourth-order valence-electron chi connectivity index (χ4n) is 2.71. The van der Waals surface area contributed by atoms with Gasteiger partial charge < -0.3 is 4.90 Å². The minimum Gasteiger partial charge on any atom is -0.336 e. The van der Waals surface area contributed by atoms with E-state index in [1.165, 1.54) is 0 Å². The van der Waals surface area contributed by atoms with Gasteiger partial charge >= 0.3 is 0 Å². The van der Waals surface area contributed by atoms with Gasteiger partial charge in [0.05, 0.1) is 15.7 Å².